The number of nitrogens with zero attached hydrogens (tertiary/aromatic N) is 10. The molecule has 0 saturated carbocycles. The Morgan fingerprint density at radius 2 is 1.34 bits per heavy atom. The zero-order chi connectivity index (χ0) is 79.7. The summed E-state index contributed by atoms with van der Waals surface area (Å²) in [5.41, 5.74) is 12.2. The molecule has 0 aromatic rings. The minimum atomic E-state index is -1.23. The van der Waals surface area contributed by atoms with Crippen molar-refractivity contribution in [3.05, 3.63) is 32.2 Å². The summed E-state index contributed by atoms with van der Waals surface area (Å²) >= 11 is 0. The lowest BCUT2D eigenvalue weighted by molar-refractivity contribution is -0.266. The van der Waals surface area contributed by atoms with E-state index in [4.69, 9.17) is 63.2 Å². The number of aliphatic hydroxyl groups is 1. The first-order valence-electron chi connectivity index (χ1n) is 37.9. The molecule has 0 spiro atoms. The molecule has 6 heterocycles. The maximum atomic E-state index is 14.3. The minimum Gasteiger partial charge on any atom is -0.458 e. The number of hydrogen-bond donors (Lipinski definition) is 3. The molecule has 6 aliphatic rings. The highest BCUT2D eigenvalue weighted by atomic mass is 31.1. The van der Waals surface area contributed by atoms with E-state index >= 15 is 0 Å². The van der Waals surface area contributed by atoms with Crippen LogP contribution >= 0.6 is 16.9 Å². The summed E-state index contributed by atoms with van der Waals surface area (Å²) < 4.78 is 94.2. The average molecular weight is 1560 g/mol. The first-order chi connectivity index (χ1) is 49.7. The Hall–Kier alpha value is -4.93. The molecule has 6 rings (SSSR count). The molecule has 612 valence electrons. The Bertz CT molecular complexity index is 3080. The van der Waals surface area contributed by atoms with Crippen LogP contribution in [0.1, 0.15) is 196 Å². The molecular formula is C74H132N12O19P2. The highest BCUT2D eigenvalue weighted by molar-refractivity contribution is 7.25. The maximum absolute atomic E-state index is 14.3. The molecule has 0 radical (unpaired) electrons. The van der Waals surface area contributed by atoms with Crippen LogP contribution < -0.4 is 10.6 Å². The second-order valence-corrected chi connectivity index (χ2v) is 33.7. The van der Waals surface area contributed by atoms with Gasteiger partial charge < -0.3 is 77.6 Å². The fourth-order valence-electron chi connectivity index (χ4n) is 16.8. The molecule has 2 amide bonds. The standard InChI is InChI=1S/C38H67N6O10P.C35H61N6O9P.CH4/c1-14-28(45)38(10)31(44(35(47)54-38)18-16-15-17-41-42-39)26(6)40-21-22(2)20-37(9,49-13)32(24(4)29-25(5)33(46)53-36(7,8)52-29)51-34-30(55-48)27(43(11)12)19-23(3)50-34;1-12-26-35(8)29(41(33(44)50-35)16-14-13-15-38-39-36)24(6)37-19-20(2)18-34(7,46-11)30(22(4)27(42)23(5)31(43)48-26)49-32-28(51-45)25(40(9)10)17-21(3)47-32;/h22-24,26-28,30-32,34,40,45H,14-21H2,1-13H3;20-26,28-30,32,37H,12-19H2,1-11H3;1H4/t22-,23?,24+,26-,27?,28-,30?,31-,32-,34+,37-,38-;20-,21?,22+,23-,24-,25?,26-,28?,29-,30-,32+,34-,35-;/m11./s1. The van der Waals surface area contributed by atoms with Gasteiger partial charge in [0.2, 0.25) is 5.79 Å². The van der Waals surface area contributed by atoms with Gasteiger partial charge in [0.25, 0.3) is 0 Å². The van der Waals surface area contributed by atoms with E-state index in [1.54, 1.807) is 65.6 Å². The number of carbonyl (C=O) groups excluding carboxylic acids is 5. The Morgan fingerprint density at radius 3 is 1.85 bits per heavy atom. The number of azide groups is 2. The summed E-state index contributed by atoms with van der Waals surface area (Å²) in [6.45, 7) is 35.8. The molecule has 5 fully saturated rings. The third-order valence-corrected chi connectivity index (χ3v) is 24.3. The van der Waals surface area contributed by atoms with Crippen molar-refractivity contribution < 1.29 is 90.3 Å². The van der Waals surface area contributed by atoms with Gasteiger partial charge in [0.1, 0.15) is 29.1 Å². The Balaban J connectivity index is 0.000000449. The van der Waals surface area contributed by atoms with Crippen LogP contribution in [0.5, 0.6) is 0 Å². The molecule has 31 nitrogen and oxygen atoms in total. The molecule has 33 heteroatoms. The van der Waals surface area contributed by atoms with Crippen LogP contribution in [-0.2, 0) is 75.6 Å². The van der Waals surface area contributed by atoms with E-state index in [9.17, 15) is 38.2 Å². The number of Topliss-reactive ketones (excluding diaryl/α,β-unsaturated/α-hetero) is 1. The van der Waals surface area contributed by atoms with Crippen molar-refractivity contribution in [2.75, 3.05) is 81.7 Å². The van der Waals surface area contributed by atoms with Crippen LogP contribution in [0.4, 0.5) is 9.59 Å². The van der Waals surface area contributed by atoms with Crippen molar-refractivity contribution in [2.24, 2.45) is 39.8 Å². The number of aliphatic hydroxyl groups excluding tert-OH is 1. The lowest BCUT2D eigenvalue weighted by Crippen LogP contribution is -2.61. The first kappa shape index (κ1) is 94.4. The van der Waals surface area contributed by atoms with E-state index in [1.165, 1.54) is 6.92 Å². The van der Waals surface area contributed by atoms with Gasteiger partial charge >= 0.3 is 24.1 Å². The summed E-state index contributed by atoms with van der Waals surface area (Å²) in [7, 11) is 10.7. The van der Waals surface area contributed by atoms with Gasteiger partial charge in [-0.05, 0) is 198 Å². The third-order valence-electron chi connectivity index (χ3n) is 22.6. The number of ether oxygens (including phenoxy) is 11. The lowest BCUT2D eigenvalue weighted by atomic mass is 9.78. The van der Waals surface area contributed by atoms with Crippen LogP contribution in [0, 0.1) is 29.6 Å². The van der Waals surface area contributed by atoms with Gasteiger partial charge in [0.05, 0.1) is 59.4 Å². The van der Waals surface area contributed by atoms with Crippen LogP contribution in [0.3, 0.4) is 0 Å². The number of amides is 2. The maximum Gasteiger partial charge on any atom is 0.410 e. The van der Waals surface area contributed by atoms with E-state index in [2.05, 4.69) is 44.5 Å². The van der Waals surface area contributed by atoms with Crippen molar-refractivity contribution in [1.29, 1.82) is 0 Å². The number of rotatable bonds is 32. The molecule has 0 bridgehead atoms. The number of fused-ring (bicyclic) bond motifs is 1. The van der Waals surface area contributed by atoms with Gasteiger partial charge in [-0.25, -0.2) is 14.4 Å². The van der Waals surface area contributed by atoms with E-state index in [1.807, 2.05) is 100 Å². The van der Waals surface area contributed by atoms with Gasteiger partial charge in [-0.2, -0.15) is 0 Å². The van der Waals surface area contributed by atoms with E-state index < -0.39 is 136 Å². The molecule has 3 N–H and O–H groups in total. The van der Waals surface area contributed by atoms with Gasteiger partial charge in [0, 0.05) is 100 Å². The normalized spacial score (nSPS) is 35.0. The SMILES string of the molecule is C.CC[C@@H](O)[C@@]1(C)OC(=O)N(CCCCN=[N+]=[N-])[C@@H]1[C@@H](C)NC[C@H](C)C[C@@](C)(OC)[C@H](O[C@@H]1OC(C)CC(N(C)C)C1P=O)[C@@H](C)C1=C(C)C(=O)OC(C)(C)O1.CC[C@H]1OC(=O)[C@H](C)C(=O)[C@H](C)[C@@H](O[C@@H]2OC(C)CC(N(C)C)C2P=O)[C@](C)(OC)C[C@@H](C)CN[C@H](C)[C@H]2N(CCCCN=[N+]=[N-])C(=O)O[C@]12C. The van der Waals surface area contributed by atoms with Gasteiger partial charge in [-0.3, -0.25) is 28.5 Å². The smallest absolute Gasteiger partial charge is 0.410 e. The topological polar surface area (TPSA) is 376 Å². The molecule has 6 unspecified atom stereocenters. The Labute approximate surface area is 639 Å². The van der Waals surface area contributed by atoms with Crippen molar-refractivity contribution >= 4 is 46.8 Å². The predicted octanol–water partition coefficient (Wildman–Crippen LogP) is 12.2. The molecule has 107 heavy (non-hydrogen) atoms. The number of ketones is 1. The van der Waals surface area contributed by atoms with Crippen molar-refractivity contribution in [3.8, 4) is 0 Å². The lowest BCUT2D eigenvalue weighted by Gasteiger charge is -2.47. The second kappa shape index (κ2) is 41.6. The van der Waals surface area contributed by atoms with Crippen LogP contribution in [0.15, 0.2) is 21.6 Å². The zero-order valence-corrected chi connectivity index (χ0v) is 69.4. The summed E-state index contributed by atoms with van der Waals surface area (Å²) in [4.78, 5) is 80.9. The molecule has 6 aliphatic heterocycles. The van der Waals surface area contributed by atoms with Crippen molar-refractivity contribution in [2.45, 2.75) is 321 Å². The molecular weight excluding hydrogens is 1420 g/mol. The van der Waals surface area contributed by atoms with Gasteiger partial charge in [-0.1, -0.05) is 59.2 Å². The predicted molar refractivity (Wildman–Crippen MR) is 406 cm³/mol. The number of cyclic esters (lactones) is 3. The molecule has 25 atom stereocenters. The second-order valence-electron chi connectivity index (χ2n) is 32.1. The first-order valence-corrected chi connectivity index (χ1v) is 39.7. The number of esters is 2. The quantitative estimate of drug-likeness (QED) is 0.00823. The fraction of sp³-hybridized carbons (Fsp3) is 0.905. The average Bonchev–Trinajstić information content (AvgIpc) is 1.59. The summed E-state index contributed by atoms with van der Waals surface area (Å²) in [6.07, 6.45) is -1.03. The summed E-state index contributed by atoms with van der Waals surface area (Å²) in [5.74, 6) is -4.96. The molecule has 0 aromatic heterocycles. The Morgan fingerprint density at radius 1 is 0.794 bits per heavy atom. The number of hydrogen-bond acceptors (Lipinski definition) is 25. The minimum absolute atomic E-state index is 0. The Kier molecular flexibility index (Phi) is 36.7. The monoisotopic (exact) mass is 1550 g/mol. The molecule has 5 saturated heterocycles. The zero-order valence-electron chi connectivity index (χ0n) is 67.6. The van der Waals surface area contributed by atoms with Crippen molar-refractivity contribution in [3.63, 3.8) is 0 Å². The number of carbonyl (C=O) groups is 5. The fourth-order valence-corrected chi connectivity index (χ4v) is 18.4. The van der Waals surface area contributed by atoms with Crippen LogP contribution in [-0.4, -0.2) is 261 Å². The third kappa shape index (κ3) is 23.1. The van der Waals surface area contributed by atoms with E-state index in [-0.39, 0.29) is 72.6 Å². The largest absolute Gasteiger partial charge is 0.458 e. The van der Waals surface area contributed by atoms with E-state index in [0.717, 1.165) is 0 Å². The molecule has 0 aliphatic carbocycles. The number of unbranched alkanes of at least 4 members (excludes halogenated alkanes) is 2. The van der Waals surface area contributed by atoms with Crippen LogP contribution in [0.2, 0.25) is 0 Å². The van der Waals surface area contributed by atoms with Gasteiger partial charge in [0.15, 0.2) is 46.5 Å². The van der Waals surface area contributed by atoms with E-state index in [0.29, 0.717) is 115 Å². The summed E-state index contributed by atoms with van der Waals surface area (Å²) in [5, 5.41) is 25.6. The van der Waals surface area contributed by atoms with Crippen LogP contribution in [0.25, 0.3) is 20.9 Å². The van der Waals surface area contributed by atoms with Gasteiger partial charge in [-0.15, -0.1) is 0 Å². The highest BCUT2D eigenvalue weighted by Crippen LogP contribution is 2.45. The number of methoxy groups -OCH3 is 2. The number of nitrogens with one attached hydrogen (secondary N) is 2. The van der Waals surface area contributed by atoms with Crippen molar-refractivity contribution in [1.82, 2.24) is 30.2 Å². The highest BCUT2D eigenvalue weighted by Gasteiger charge is 2.60. The molecule has 0 aromatic carbocycles. The summed E-state index contributed by atoms with van der Waals surface area (Å²) in [6, 6.07) is -1.75.